The van der Waals surface area contributed by atoms with Crippen molar-refractivity contribution in [1.29, 1.82) is 0 Å². The number of anilines is 1. The van der Waals surface area contributed by atoms with E-state index in [1.54, 1.807) is 18.3 Å². The summed E-state index contributed by atoms with van der Waals surface area (Å²) in [5.41, 5.74) is 0.942. The zero-order valence-corrected chi connectivity index (χ0v) is 15.8. The Morgan fingerprint density at radius 3 is 2.93 bits per heavy atom. The summed E-state index contributed by atoms with van der Waals surface area (Å²) >= 11 is 5.99. The maximum absolute atomic E-state index is 12.2. The lowest BCUT2D eigenvalue weighted by atomic mass is 10.2. The lowest BCUT2D eigenvalue weighted by molar-refractivity contribution is 0.233. The van der Waals surface area contributed by atoms with Crippen molar-refractivity contribution in [2.24, 2.45) is 0 Å². The van der Waals surface area contributed by atoms with Crippen LogP contribution in [0.5, 0.6) is 5.75 Å². The Bertz CT molecular complexity index is 752. The first-order valence-corrected chi connectivity index (χ1v) is 9.39. The number of amides is 2. The third-order valence-corrected chi connectivity index (χ3v) is 4.44. The largest absolute Gasteiger partial charge is 0.485 e. The molecule has 0 bridgehead atoms. The number of urea groups is 1. The minimum atomic E-state index is -0.295. The first-order valence-electron chi connectivity index (χ1n) is 9.01. The Hall–Kier alpha value is -2.35. The molecule has 2 aromatic rings. The van der Waals surface area contributed by atoms with Crippen molar-refractivity contribution in [3.05, 3.63) is 53.2 Å². The van der Waals surface area contributed by atoms with Gasteiger partial charge in [-0.15, -0.1) is 0 Å². The molecule has 1 aliphatic heterocycles. The van der Waals surface area contributed by atoms with E-state index in [0.717, 1.165) is 38.3 Å². The predicted octanol–water partition coefficient (Wildman–Crippen LogP) is 2.34. The van der Waals surface area contributed by atoms with E-state index in [4.69, 9.17) is 16.3 Å². The highest BCUT2D eigenvalue weighted by molar-refractivity contribution is 6.30. The molecule has 2 amide bonds. The molecule has 0 spiro atoms. The monoisotopic (exact) mass is 389 g/mol. The van der Waals surface area contributed by atoms with E-state index in [9.17, 15) is 4.79 Å². The van der Waals surface area contributed by atoms with Crippen LogP contribution in [0.3, 0.4) is 0 Å². The summed E-state index contributed by atoms with van der Waals surface area (Å²) in [5, 5.41) is 9.58. The van der Waals surface area contributed by atoms with Crippen LogP contribution in [0, 0.1) is 0 Å². The van der Waals surface area contributed by atoms with E-state index in [2.05, 4.69) is 25.8 Å². The Balaban J connectivity index is 1.48. The van der Waals surface area contributed by atoms with Gasteiger partial charge in [0.25, 0.3) is 0 Å². The van der Waals surface area contributed by atoms with Crippen molar-refractivity contribution >= 4 is 23.4 Å². The highest BCUT2D eigenvalue weighted by Gasteiger charge is 2.11. The summed E-state index contributed by atoms with van der Waals surface area (Å²) in [7, 11) is 0. The van der Waals surface area contributed by atoms with E-state index < -0.39 is 0 Å². The van der Waals surface area contributed by atoms with E-state index >= 15 is 0 Å². The number of halogens is 1. The molecule has 0 saturated carbocycles. The highest BCUT2D eigenvalue weighted by atomic mass is 35.5. The lowest BCUT2D eigenvalue weighted by Crippen LogP contribution is -2.46. The third-order valence-electron chi connectivity index (χ3n) is 4.21. The molecule has 0 atom stereocenters. The second-order valence-electron chi connectivity index (χ2n) is 6.24. The van der Waals surface area contributed by atoms with Crippen molar-refractivity contribution in [2.75, 3.05) is 44.6 Å². The number of pyridine rings is 1. The topological polar surface area (TPSA) is 78.5 Å². The fraction of sp³-hybridized carbons (Fsp3) is 0.368. The lowest BCUT2D eigenvalue weighted by Gasteiger charge is -2.27. The predicted molar refractivity (Wildman–Crippen MR) is 106 cm³/mol. The van der Waals surface area contributed by atoms with Gasteiger partial charge in [0.15, 0.2) is 11.6 Å². The minimum absolute atomic E-state index is 0.295. The number of ether oxygens (including phenoxy) is 1. The number of rotatable bonds is 7. The Morgan fingerprint density at radius 2 is 2.11 bits per heavy atom. The van der Waals surface area contributed by atoms with Gasteiger partial charge in [-0.25, -0.2) is 9.78 Å². The van der Waals surface area contributed by atoms with Crippen LogP contribution in [0.25, 0.3) is 0 Å². The van der Waals surface area contributed by atoms with Gasteiger partial charge in [-0.05, 0) is 29.8 Å². The standard InChI is InChI=1S/C19H24ClN5O2/c20-16-4-1-3-15(13-16)14-27-17-5-2-6-22-18(17)24-19(26)23-9-12-25-10-7-21-8-11-25/h1-6,13,21H,7-12,14H2,(H2,22,23,24,26). The quantitative estimate of drug-likeness (QED) is 0.677. The summed E-state index contributed by atoms with van der Waals surface area (Å²) < 4.78 is 5.80. The number of hydrogen-bond donors (Lipinski definition) is 3. The number of carbonyl (C=O) groups is 1. The molecule has 3 N–H and O–H groups in total. The van der Waals surface area contributed by atoms with Crippen LogP contribution < -0.4 is 20.7 Å². The fourth-order valence-corrected chi connectivity index (χ4v) is 3.02. The van der Waals surface area contributed by atoms with Crippen LogP contribution in [0.4, 0.5) is 10.6 Å². The maximum Gasteiger partial charge on any atom is 0.320 e. The van der Waals surface area contributed by atoms with Crippen molar-refractivity contribution in [2.45, 2.75) is 6.61 Å². The molecule has 8 heteroatoms. The molecule has 0 aliphatic carbocycles. The molecular weight excluding hydrogens is 366 g/mol. The SMILES string of the molecule is O=C(NCCN1CCNCC1)Nc1ncccc1OCc1cccc(Cl)c1. The van der Waals surface area contributed by atoms with E-state index in [-0.39, 0.29) is 6.03 Å². The molecule has 0 radical (unpaired) electrons. The zero-order chi connectivity index (χ0) is 18.9. The molecule has 27 heavy (non-hydrogen) atoms. The summed E-state index contributed by atoms with van der Waals surface area (Å²) in [6.07, 6.45) is 1.61. The first-order chi connectivity index (χ1) is 13.2. The van der Waals surface area contributed by atoms with E-state index in [1.807, 2.05) is 24.3 Å². The summed E-state index contributed by atoms with van der Waals surface area (Å²) in [6.45, 7) is 5.75. The molecule has 1 saturated heterocycles. The van der Waals surface area contributed by atoms with Crippen molar-refractivity contribution in [3.8, 4) is 5.75 Å². The Labute approximate surface area is 164 Å². The average molecular weight is 390 g/mol. The molecule has 3 rings (SSSR count). The van der Waals surface area contributed by atoms with Gasteiger partial charge in [0, 0.05) is 50.5 Å². The summed E-state index contributed by atoms with van der Waals surface area (Å²) in [4.78, 5) is 18.7. The zero-order valence-electron chi connectivity index (χ0n) is 15.1. The van der Waals surface area contributed by atoms with Crippen LogP contribution in [-0.2, 0) is 6.61 Å². The van der Waals surface area contributed by atoms with Crippen LogP contribution >= 0.6 is 11.6 Å². The number of hydrogen-bond acceptors (Lipinski definition) is 5. The van der Waals surface area contributed by atoms with Crippen LogP contribution in [-0.4, -0.2) is 55.2 Å². The number of benzene rings is 1. The van der Waals surface area contributed by atoms with Gasteiger partial charge < -0.3 is 15.4 Å². The summed E-state index contributed by atoms with van der Waals surface area (Å²) in [6, 6.07) is 10.7. The van der Waals surface area contributed by atoms with Gasteiger partial charge in [0.2, 0.25) is 0 Å². The molecule has 144 valence electrons. The van der Waals surface area contributed by atoms with Crippen molar-refractivity contribution in [3.63, 3.8) is 0 Å². The van der Waals surface area contributed by atoms with Crippen molar-refractivity contribution < 1.29 is 9.53 Å². The maximum atomic E-state index is 12.2. The van der Waals surface area contributed by atoms with Gasteiger partial charge >= 0.3 is 6.03 Å². The molecule has 2 heterocycles. The van der Waals surface area contributed by atoms with Crippen LogP contribution in [0.2, 0.25) is 5.02 Å². The average Bonchev–Trinajstić information content (AvgIpc) is 2.68. The van der Waals surface area contributed by atoms with Crippen LogP contribution in [0.1, 0.15) is 5.56 Å². The minimum Gasteiger partial charge on any atom is -0.485 e. The van der Waals surface area contributed by atoms with E-state index in [0.29, 0.717) is 29.7 Å². The Morgan fingerprint density at radius 1 is 1.26 bits per heavy atom. The van der Waals surface area contributed by atoms with Gasteiger partial charge in [-0.2, -0.15) is 0 Å². The normalized spacial score (nSPS) is 14.6. The summed E-state index contributed by atoms with van der Waals surface area (Å²) in [5.74, 6) is 0.897. The second-order valence-corrected chi connectivity index (χ2v) is 6.68. The molecule has 0 unspecified atom stereocenters. The van der Waals surface area contributed by atoms with Gasteiger partial charge in [-0.1, -0.05) is 23.7 Å². The number of piperazine rings is 1. The third kappa shape index (κ3) is 6.39. The number of carbonyl (C=O) groups excluding carboxylic acids is 1. The highest BCUT2D eigenvalue weighted by Crippen LogP contribution is 2.22. The molecule has 1 aliphatic rings. The molecule has 1 aromatic heterocycles. The molecular formula is C19H24ClN5O2. The first kappa shape index (κ1) is 19.4. The van der Waals surface area contributed by atoms with Gasteiger partial charge in [0.1, 0.15) is 6.61 Å². The molecule has 1 aromatic carbocycles. The Kier molecular flexibility index (Phi) is 7.27. The van der Waals surface area contributed by atoms with Crippen LogP contribution in [0.15, 0.2) is 42.6 Å². The second kappa shape index (κ2) is 10.1. The van der Waals surface area contributed by atoms with Gasteiger partial charge in [0.05, 0.1) is 0 Å². The number of aromatic nitrogens is 1. The smallest absolute Gasteiger partial charge is 0.320 e. The van der Waals surface area contributed by atoms with Gasteiger partial charge in [-0.3, -0.25) is 10.2 Å². The van der Waals surface area contributed by atoms with E-state index in [1.165, 1.54) is 0 Å². The molecule has 1 fully saturated rings. The molecule has 7 nitrogen and oxygen atoms in total. The van der Waals surface area contributed by atoms with Crippen molar-refractivity contribution in [1.82, 2.24) is 20.5 Å². The fourth-order valence-electron chi connectivity index (χ4n) is 2.80. The number of nitrogens with one attached hydrogen (secondary N) is 3. The number of nitrogens with zero attached hydrogens (tertiary/aromatic N) is 2.